The molecule has 1 amide bonds. The van der Waals surface area contributed by atoms with Crippen molar-refractivity contribution in [3.63, 3.8) is 0 Å². The first-order valence-electron chi connectivity index (χ1n) is 6.49. The van der Waals surface area contributed by atoms with E-state index in [1.54, 1.807) is 0 Å². The highest BCUT2D eigenvalue weighted by Crippen LogP contribution is 2.17. The maximum atomic E-state index is 11.9. The van der Waals surface area contributed by atoms with E-state index in [1.165, 1.54) is 24.2 Å². The van der Waals surface area contributed by atoms with Crippen LogP contribution in [-0.2, 0) is 4.79 Å². The topological polar surface area (TPSA) is 58.4 Å². The van der Waals surface area contributed by atoms with E-state index in [9.17, 15) is 4.79 Å². The number of carbonyl (C=O) groups excluding carboxylic acids is 1. The molecule has 0 radical (unpaired) electrons. The van der Waals surface area contributed by atoms with Crippen LogP contribution >= 0.6 is 11.3 Å². The third kappa shape index (κ3) is 3.31. The van der Waals surface area contributed by atoms with Gasteiger partial charge in [-0.25, -0.2) is 0 Å². The number of nitrogens with two attached hydrogens (primary N) is 1. The maximum absolute atomic E-state index is 11.9. The molecule has 0 aliphatic carbocycles. The second-order valence-corrected chi connectivity index (χ2v) is 5.81. The molecule has 1 saturated heterocycles. The molecule has 0 spiro atoms. The summed E-state index contributed by atoms with van der Waals surface area (Å²) >= 11 is 1.52. The highest BCUT2D eigenvalue weighted by Gasteiger charge is 2.21. The van der Waals surface area contributed by atoms with Gasteiger partial charge in [0.25, 0.3) is 0 Å². The van der Waals surface area contributed by atoms with Crippen LogP contribution in [0.15, 0.2) is 17.5 Å². The Morgan fingerprint density at radius 1 is 1.56 bits per heavy atom. The first-order chi connectivity index (χ1) is 8.68. The van der Waals surface area contributed by atoms with E-state index in [0.29, 0.717) is 12.6 Å². The third-order valence-electron chi connectivity index (χ3n) is 3.47. The van der Waals surface area contributed by atoms with Crippen molar-refractivity contribution >= 4 is 17.2 Å². The van der Waals surface area contributed by atoms with E-state index < -0.39 is 6.04 Å². The summed E-state index contributed by atoms with van der Waals surface area (Å²) in [6, 6.07) is 3.68. The van der Waals surface area contributed by atoms with Gasteiger partial charge in [-0.2, -0.15) is 0 Å². The molecule has 3 N–H and O–H groups in total. The molecule has 2 rings (SSSR count). The summed E-state index contributed by atoms with van der Waals surface area (Å²) in [5.41, 5.74) is 5.91. The largest absolute Gasteiger partial charge is 0.353 e. The second-order valence-electron chi connectivity index (χ2n) is 4.83. The van der Waals surface area contributed by atoms with Gasteiger partial charge in [-0.15, -0.1) is 11.3 Å². The first kappa shape index (κ1) is 13.5. The Morgan fingerprint density at radius 2 is 2.28 bits per heavy atom. The quantitative estimate of drug-likeness (QED) is 0.846. The molecule has 1 aliphatic heterocycles. The first-order valence-corrected chi connectivity index (χ1v) is 7.37. The van der Waals surface area contributed by atoms with Gasteiger partial charge in [0.2, 0.25) is 5.91 Å². The minimum Gasteiger partial charge on any atom is -0.353 e. The van der Waals surface area contributed by atoms with Gasteiger partial charge < -0.3 is 11.1 Å². The van der Waals surface area contributed by atoms with Crippen molar-refractivity contribution in [3.05, 3.63) is 22.4 Å². The summed E-state index contributed by atoms with van der Waals surface area (Å²) in [5.74, 6) is -0.0801. The minimum absolute atomic E-state index is 0.0801. The van der Waals surface area contributed by atoms with Crippen LogP contribution in [0.4, 0.5) is 0 Å². The van der Waals surface area contributed by atoms with Crippen molar-refractivity contribution in [1.82, 2.24) is 10.2 Å². The molecule has 100 valence electrons. The van der Waals surface area contributed by atoms with Crippen LogP contribution in [0.5, 0.6) is 0 Å². The number of amides is 1. The second kappa shape index (κ2) is 6.31. The van der Waals surface area contributed by atoms with Crippen LogP contribution in [0.2, 0.25) is 0 Å². The Morgan fingerprint density at radius 3 is 2.89 bits per heavy atom. The van der Waals surface area contributed by atoms with Crippen molar-refractivity contribution in [1.29, 1.82) is 0 Å². The Bertz CT molecular complexity index is 374. The Hall–Kier alpha value is -0.910. The SMILES string of the molecule is CC(CNC(=O)C(N)c1cccs1)N1CCCC1. The fraction of sp³-hybridized carbons (Fsp3) is 0.615. The molecule has 1 fully saturated rings. The van der Waals surface area contributed by atoms with Gasteiger partial charge in [0.05, 0.1) is 0 Å². The average Bonchev–Trinajstić information content (AvgIpc) is 3.05. The molecule has 18 heavy (non-hydrogen) atoms. The van der Waals surface area contributed by atoms with Gasteiger partial charge >= 0.3 is 0 Å². The standard InChI is InChI=1S/C13H21N3OS/c1-10(16-6-2-3-7-16)9-15-13(17)12(14)11-5-4-8-18-11/h4-5,8,10,12H,2-3,6-7,9,14H2,1H3,(H,15,17). The molecule has 0 aromatic carbocycles. The van der Waals surface area contributed by atoms with Crippen LogP contribution in [0.1, 0.15) is 30.7 Å². The van der Waals surface area contributed by atoms with Crippen LogP contribution in [0.3, 0.4) is 0 Å². The molecule has 5 heteroatoms. The lowest BCUT2D eigenvalue weighted by Crippen LogP contribution is -2.43. The van der Waals surface area contributed by atoms with E-state index in [2.05, 4.69) is 17.1 Å². The monoisotopic (exact) mass is 267 g/mol. The molecular weight excluding hydrogens is 246 g/mol. The van der Waals surface area contributed by atoms with Gasteiger partial charge in [0.1, 0.15) is 6.04 Å². The summed E-state index contributed by atoms with van der Waals surface area (Å²) < 4.78 is 0. The summed E-state index contributed by atoms with van der Waals surface area (Å²) in [6.07, 6.45) is 2.54. The Labute approximate surface area is 112 Å². The van der Waals surface area contributed by atoms with E-state index in [4.69, 9.17) is 5.73 Å². The molecule has 2 unspecified atom stereocenters. The van der Waals surface area contributed by atoms with Gasteiger partial charge in [0, 0.05) is 17.5 Å². The Balaban J connectivity index is 1.77. The predicted octanol–water partition coefficient (Wildman–Crippen LogP) is 1.35. The fourth-order valence-corrected chi connectivity index (χ4v) is 2.99. The van der Waals surface area contributed by atoms with E-state index in [1.807, 2.05) is 17.5 Å². The van der Waals surface area contributed by atoms with E-state index >= 15 is 0 Å². The molecule has 2 atom stereocenters. The van der Waals surface area contributed by atoms with Gasteiger partial charge in [-0.05, 0) is 44.3 Å². The Kier molecular flexibility index (Phi) is 4.74. The number of rotatable bonds is 5. The summed E-state index contributed by atoms with van der Waals surface area (Å²) in [7, 11) is 0. The summed E-state index contributed by atoms with van der Waals surface area (Å²) in [6.45, 7) is 5.13. The minimum atomic E-state index is -0.532. The number of thiophene rings is 1. The number of nitrogens with one attached hydrogen (secondary N) is 1. The van der Waals surface area contributed by atoms with Crippen LogP contribution in [0.25, 0.3) is 0 Å². The highest BCUT2D eigenvalue weighted by molar-refractivity contribution is 7.10. The fourth-order valence-electron chi connectivity index (χ4n) is 2.27. The lowest BCUT2D eigenvalue weighted by molar-refractivity contribution is -0.122. The highest BCUT2D eigenvalue weighted by atomic mass is 32.1. The zero-order chi connectivity index (χ0) is 13.0. The van der Waals surface area contributed by atoms with Crippen molar-refractivity contribution < 1.29 is 4.79 Å². The smallest absolute Gasteiger partial charge is 0.242 e. The molecule has 0 bridgehead atoms. The lowest BCUT2D eigenvalue weighted by Gasteiger charge is -2.24. The zero-order valence-electron chi connectivity index (χ0n) is 10.8. The number of hydrogen-bond donors (Lipinski definition) is 2. The molecular formula is C13H21N3OS. The molecule has 0 saturated carbocycles. The van der Waals surface area contributed by atoms with Crippen molar-refractivity contribution in [2.24, 2.45) is 5.73 Å². The van der Waals surface area contributed by atoms with Crippen molar-refractivity contribution in [2.45, 2.75) is 31.8 Å². The number of carbonyl (C=O) groups is 1. The van der Waals surface area contributed by atoms with Gasteiger partial charge in [-0.1, -0.05) is 6.07 Å². The van der Waals surface area contributed by atoms with Crippen LogP contribution in [-0.4, -0.2) is 36.5 Å². The summed E-state index contributed by atoms with van der Waals surface area (Å²) in [4.78, 5) is 15.2. The number of hydrogen-bond acceptors (Lipinski definition) is 4. The van der Waals surface area contributed by atoms with Crippen LogP contribution in [0, 0.1) is 0 Å². The molecule has 1 aliphatic rings. The third-order valence-corrected chi connectivity index (χ3v) is 4.42. The average molecular weight is 267 g/mol. The predicted molar refractivity (Wildman–Crippen MR) is 74.5 cm³/mol. The van der Waals surface area contributed by atoms with Gasteiger partial charge in [0.15, 0.2) is 0 Å². The molecule has 1 aromatic rings. The molecule has 4 nitrogen and oxygen atoms in total. The normalized spacial score (nSPS) is 19.7. The lowest BCUT2D eigenvalue weighted by atomic mass is 10.2. The number of likely N-dealkylation sites (tertiary alicyclic amines) is 1. The zero-order valence-corrected chi connectivity index (χ0v) is 11.6. The molecule has 1 aromatic heterocycles. The molecule has 2 heterocycles. The van der Waals surface area contributed by atoms with Gasteiger partial charge in [-0.3, -0.25) is 9.69 Å². The maximum Gasteiger partial charge on any atom is 0.242 e. The summed E-state index contributed by atoms with van der Waals surface area (Å²) in [5, 5.41) is 4.89. The van der Waals surface area contributed by atoms with E-state index in [-0.39, 0.29) is 5.91 Å². The van der Waals surface area contributed by atoms with Crippen molar-refractivity contribution in [3.8, 4) is 0 Å². The van der Waals surface area contributed by atoms with Crippen LogP contribution < -0.4 is 11.1 Å². The van der Waals surface area contributed by atoms with Crippen molar-refractivity contribution in [2.75, 3.05) is 19.6 Å². The van der Waals surface area contributed by atoms with E-state index in [0.717, 1.165) is 18.0 Å². The number of nitrogens with zero attached hydrogens (tertiary/aromatic N) is 1.